The second kappa shape index (κ2) is 19.6. The normalized spacial score (nSPS) is 14.8. The maximum atomic E-state index is 10.8. The van der Waals surface area contributed by atoms with Gasteiger partial charge in [-0.1, -0.05) is 74.5 Å². The van der Waals surface area contributed by atoms with Crippen LogP contribution in [0.15, 0.2) is 60.7 Å². The average Bonchev–Trinajstić information content (AvgIpc) is 2.92. The van der Waals surface area contributed by atoms with E-state index in [1.165, 1.54) is 11.1 Å². The number of carbonyl (C=O) groups excluding carboxylic acids is 1. The summed E-state index contributed by atoms with van der Waals surface area (Å²) in [5.41, 5.74) is 1.33. The fourth-order valence-corrected chi connectivity index (χ4v) is 4.41. The quantitative estimate of drug-likeness (QED) is 0.235. The molecule has 6 nitrogen and oxygen atoms in total. The van der Waals surface area contributed by atoms with Gasteiger partial charge in [0.05, 0.1) is 23.0 Å². The third-order valence-electron chi connectivity index (χ3n) is 6.55. The maximum absolute atomic E-state index is 10.8. The predicted molar refractivity (Wildman–Crippen MR) is 163 cm³/mol. The molecule has 2 rings (SSSR count). The van der Waals surface area contributed by atoms with Crippen molar-refractivity contribution < 1.29 is 18.9 Å². The summed E-state index contributed by atoms with van der Waals surface area (Å²) < 4.78 is 9.09. The van der Waals surface area contributed by atoms with Crippen LogP contribution >= 0.6 is 33.0 Å². The topological polar surface area (TPSA) is 119 Å². The minimum atomic E-state index is -1.67. The van der Waals surface area contributed by atoms with E-state index in [-0.39, 0.29) is 24.0 Å². The molecular formula is C30H37Cl3N2O4S. The molecule has 2 aromatic rings. The van der Waals surface area contributed by atoms with Gasteiger partial charge in [-0.05, 0) is 74.1 Å². The van der Waals surface area contributed by atoms with E-state index >= 15 is 0 Å². The zero-order valence-corrected chi connectivity index (χ0v) is 26.4. The lowest BCUT2D eigenvalue weighted by Crippen LogP contribution is -2.18. The van der Waals surface area contributed by atoms with E-state index in [9.17, 15) is 20.1 Å². The van der Waals surface area contributed by atoms with E-state index in [1.54, 1.807) is 0 Å². The Kier molecular flexibility index (Phi) is 18.4. The summed E-state index contributed by atoms with van der Waals surface area (Å²) in [6, 6.07) is 24.7. The van der Waals surface area contributed by atoms with E-state index in [4.69, 9.17) is 20.9 Å². The van der Waals surface area contributed by atoms with Crippen LogP contribution in [0, 0.1) is 33.5 Å². The van der Waals surface area contributed by atoms with Crippen LogP contribution in [0.3, 0.4) is 0 Å². The van der Waals surface area contributed by atoms with Gasteiger partial charge in [0, 0.05) is 34.2 Å². The van der Waals surface area contributed by atoms with Crippen LogP contribution in [0.5, 0.6) is 0 Å². The number of carboxylic acid groups (broad SMARTS) is 1. The number of hydrogen-bond acceptors (Lipinski definition) is 5. The van der Waals surface area contributed by atoms with Gasteiger partial charge in [0.1, 0.15) is 0 Å². The summed E-state index contributed by atoms with van der Waals surface area (Å²) in [5.74, 6) is -0.297. The molecule has 4 atom stereocenters. The maximum Gasteiger partial charge on any atom is 0.303 e. The zero-order chi connectivity index (χ0) is 30.8. The summed E-state index contributed by atoms with van der Waals surface area (Å²) in [4.78, 5) is 21.4. The number of nitriles is 2. The average molecular weight is 628 g/mol. The first kappa shape index (κ1) is 37.6. The van der Waals surface area contributed by atoms with Crippen LogP contribution < -0.4 is 0 Å². The Morgan fingerprint density at radius 1 is 0.825 bits per heavy atom. The largest absolute Gasteiger partial charge is 0.481 e. The third kappa shape index (κ3) is 17.3. The van der Waals surface area contributed by atoms with Crippen LogP contribution in [0.2, 0.25) is 0 Å². The zero-order valence-electron chi connectivity index (χ0n) is 23.3. The number of rotatable bonds is 12. The van der Waals surface area contributed by atoms with Crippen molar-refractivity contribution >= 4 is 53.4 Å². The Balaban J connectivity index is 0.000000671. The second-order valence-electron chi connectivity index (χ2n) is 10.3. The fraction of sp³-hybridized carbons (Fsp3) is 0.467. The minimum absolute atomic E-state index is 0.0472. The van der Waals surface area contributed by atoms with Crippen molar-refractivity contribution in [2.75, 3.05) is 0 Å². The smallest absolute Gasteiger partial charge is 0.303 e. The Bertz CT molecular complexity index is 1070. The molecule has 1 N–H and O–H groups in total. The third-order valence-corrected chi connectivity index (χ3v) is 6.74. The van der Waals surface area contributed by atoms with Crippen molar-refractivity contribution in [3.8, 4) is 12.1 Å². The summed E-state index contributed by atoms with van der Waals surface area (Å²) in [6.07, 6.45) is 2.64. The standard InChI is InChI=1S/C15H18ClNO.C15H19NO2.Cl2OS/c1-12(13-6-4-3-5-7-13)10-15(2,11-17)9-8-14(16)18;1-12(13-6-4-3-5-7-13)10-15(2,11-16)9-8-14(17)18;1-4(2)3/h3-7,12H,8-10H2,1-2H3;3-7,12H,8-10H2,1-2H3,(H,17,18);. The van der Waals surface area contributed by atoms with Crippen molar-refractivity contribution in [3.05, 3.63) is 71.8 Å². The molecule has 0 saturated heterocycles. The van der Waals surface area contributed by atoms with Gasteiger partial charge < -0.3 is 5.11 Å². The molecule has 218 valence electrons. The van der Waals surface area contributed by atoms with Gasteiger partial charge >= 0.3 is 5.97 Å². The van der Waals surface area contributed by atoms with Gasteiger partial charge in [0.2, 0.25) is 14.5 Å². The molecule has 0 amide bonds. The number of carbonyl (C=O) groups is 2. The Labute approximate surface area is 254 Å². The number of hydrogen-bond donors (Lipinski definition) is 1. The van der Waals surface area contributed by atoms with Crippen molar-refractivity contribution in [2.24, 2.45) is 10.8 Å². The van der Waals surface area contributed by atoms with Gasteiger partial charge in [0.15, 0.2) is 0 Å². The number of halogens is 3. The lowest BCUT2D eigenvalue weighted by Gasteiger charge is -2.25. The van der Waals surface area contributed by atoms with E-state index in [0.717, 1.165) is 6.42 Å². The molecule has 0 saturated carbocycles. The highest BCUT2D eigenvalue weighted by Gasteiger charge is 2.28. The van der Waals surface area contributed by atoms with Crippen molar-refractivity contribution in [3.63, 3.8) is 0 Å². The van der Waals surface area contributed by atoms with E-state index < -0.39 is 26.0 Å². The molecule has 0 fully saturated rings. The first-order chi connectivity index (χ1) is 18.7. The molecule has 0 aromatic heterocycles. The monoisotopic (exact) mass is 626 g/mol. The molecule has 0 aliphatic carbocycles. The second-order valence-corrected chi connectivity index (χ2v) is 13.3. The molecule has 4 unspecified atom stereocenters. The molecule has 0 heterocycles. The van der Waals surface area contributed by atoms with Gasteiger partial charge in [-0.15, -0.1) is 0 Å². The molecule has 0 spiro atoms. The molecule has 2 aromatic carbocycles. The fourth-order valence-electron chi connectivity index (χ4n) is 4.31. The lowest BCUT2D eigenvalue weighted by atomic mass is 9.77. The molecule has 10 heteroatoms. The number of benzene rings is 2. The summed E-state index contributed by atoms with van der Waals surface area (Å²) in [7, 11) is 7.36. The number of carboxylic acids is 1. The van der Waals surface area contributed by atoms with Crippen molar-refractivity contribution in [1.82, 2.24) is 0 Å². The molecule has 0 radical (unpaired) electrons. The van der Waals surface area contributed by atoms with E-state index in [0.29, 0.717) is 25.2 Å². The summed E-state index contributed by atoms with van der Waals surface area (Å²) in [6.45, 7) is 7.92. The SMILES string of the molecule is CC(CC(C)(C#N)CCC(=O)Cl)c1ccccc1.CC(CC(C)(C#N)CCC(=O)O)c1ccccc1.O=S(Cl)Cl. The minimum Gasteiger partial charge on any atom is -0.481 e. The first-order valence-electron chi connectivity index (χ1n) is 12.7. The molecule has 0 aliphatic heterocycles. The van der Waals surface area contributed by atoms with Gasteiger partial charge in [-0.2, -0.15) is 10.5 Å². The summed E-state index contributed by atoms with van der Waals surface area (Å²) >= 11 is 5.35. The van der Waals surface area contributed by atoms with Gasteiger partial charge in [-0.3, -0.25) is 9.59 Å². The summed E-state index contributed by atoms with van der Waals surface area (Å²) in [5, 5.41) is 26.9. The first-order valence-corrected chi connectivity index (χ1v) is 15.9. The van der Waals surface area contributed by atoms with Crippen LogP contribution in [0.1, 0.15) is 89.2 Å². The van der Waals surface area contributed by atoms with Crippen LogP contribution in [-0.2, 0) is 18.8 Å². The van der Waals surface area contributed by atoms with Crippen molar-refractivity contribution in [2.45, 2.75) is 78.1 Å². The van der Waals surface area contributed by atoms with E-state index in [1.807, 2.05) is 62.4 Å². The highest BCUT2D eigenvalue weighted by Crippen LogP contribution is 2.36. The number of aliphatic carboxylic acids is 1. The molecule has 40 heavy (non-hydrogen) atoms. The Morgan fingerprint density at radius 2 is 1.15 bits per heavy atom. The lowest BCUT2D eigenvalue weighted by molar-refractivity contribution is -0.137. The predicted octanol–water partition coefficient (Wildman–Crippen LogP) is 8.87. The van der Waals surface area contributed by atoms with Crippen LogP contribution in [0.4, 0.5) is 0 Å². The van der Waals surface area contributed by atoms with Gasteiger partial charge in [0.25, 0.3) is 0 Å². The highest BCUT2D eigenvalue weighted by molar-refractivity contribution is 8.26. The Hall–Kier alpha value is -2.42. The van der Waals surface area contributed by atoms with Crippen molar-refractivity contribution in [1.29, 1.82) is 10.5 Å². The van der Waals surface area contributed by atoms with Crippen LogP contribution in [0.25, 0.3) is 0 Å². The highest BCUT2D eigenvalue weighted by atomic mass is 36.0. The Morgan fingerprint density at radius 3 is 1.43 bits per heavy atom. The van der Waals surface area contributed by atoms with Gasteiger partial charge in [-0.25, -0.2) is 4.21 Å². The molecular weight excluding hydrogens is 591 g/mol. The molecule has 0 bridgehead atoms. The number of nitrogens with zero attached hydrogens (tertiary/aromatic N) is 2. The van der Waals surface area contributed by atoms with Crippen LogP contribution in [-0.4, -0.2) is 20.5 Å². The molecule has 0 aliphatic rings. The van der Waals surface area contributed by atoms with E-state index in [2.05, 4.69) is 59.5 Å².